The van der Waals surface area contributed by atoms with Crippen molar-refractivity contribution < 1.29 is 23.7 Å². The smallest absolute Gasteiger partial charge is 0.338 e. The van der Waals surface area contributed by atoms with E-state index in [2.05, 4.69) is 20.9 Å². The molecule has 0 bridgehead atoms. The number of carbonyl (C=O) groups is 1. The number of hydrogen-bond acceptors (Lipinski definition) is 8. The number of hydrogen-bond donors (Lipinski definition) is 0. The number of ether oxygens (including phenoxy) is 4. The number of esters is 1. The molecule has 1 aromatic heterocycles. The topological polar surface area (TPSA) is 88.4 Å². The molecule has 4 rings (SSSR count). The molecule has 8 nitrogen and oxygen atoms in total. The number of rotatable bonds is 7. The molecule has 1 aliphatic rings. The Kier molecular flexibility index (Phi) is 8.11. The zero-order valence-electron chi connectivity index (χ0n) is 20.8. The minimum Gasteiger partial charge on any atom is -0.496 e. The van der Waals surface area contributed by atoms with Crippen molar-refractivity contribution in [1.29, 1.82) is 0 Å². The predicted octanol–water partition coefficient (Wildman–Crippen LogP) is 4.24. The van der Waals surface area contributed by atoms with Gasteiger partial charge < -0.3 is 18.9 Å². The van der Waals surface area contributed by atoms with E-state index in [0.29, 0.717) is 53.9 Å². The van der Waals surface area contributed by atoms with Crippen LogP contribution in [0.1, 0.15) is 31.0 Å². The van der Waals surface area contributed by atoms with Gasteiger partial charge in [0.05, 0.1) is 48.2 Å². The summed E-state index contributed by atoms with van der Waals surface area (Å²) in [6.45, 7) is 4.04. The highest BCUT2D eigenvalue weighted by atomic mass is 79.9. The van der Waals surface area contributed by atoms with Crippen LogP contribution in [0.5, 0.6) is 17.2 Å². The zero-order chi connectivity index (χ0) is 26.9. The quantitative estimate of drug-likeness (QED) is 0.374. The van der Waals surface area contributed by atoms with E-state index < -0.39 is 12.0 Å². The summed E-state index contributed by atoms with van der Waals surface area (Å²) in [5.41, 5.74) is 1.62. The van der Waals surface area contributed by atoms with Gasteiger partial charge in [0.2, 0.25) is 0 Å². The van der Waals surface area contributed by atoms with Crippen LogP contribution in [-0.2, 0) is 9.53 Å². The van der Waals surface area contributed by atoms with Gasteiger partial charge in [-0.25, -0.2) is 9.79 Å². The average Bonchev–Trinajstić information content (AvgIpc) is 3.17. The van der Waals surface area contributed by atoms with Gasteiger partial charge in [-0.05, 0) is 71.7 Å². The molecule has 194 valence electrons. The average molecular weight is 608 g/mol. The first kappa shape index (κ1) is 27.0. The lowest BCUT2D eigenvalue weighted by Gasteiger charge is -2.25. The molecule has 0 saturated heterocycles. The molecule has 1 atom stereocenters. The second-order valence-corrected chi connectivity index (χ2v) is 10.2. The van der Waals surface area contributed by atoms with Gasteiger partial charge in [0.25, 0.3) is 5.56 Å². The maximum Gasteiger partial charge on any atom is 0.338 e. The highest BCUT2D eigenvalue weighted by Gasteiger charge is 2.35. The SMILES string of the molecule is CCOc1cc(/C=c2\sc3n(c2=O)[C@H](c2cc(Cl)ccc2OC)C(C(=O)OC)=C(C)N=3)cc(Br)c1OC. The fraction of sp³-hybridized carbons (Fsp3) is 0.269. The maximum atomic E-state index is 13.8. The largest absolute Gasteiger partial charge is 0.496 e. The lowest BCUT2D eigenvalue weighted by molar-refractivity contribution is -0.136. The highest BCUT2D eigenvalue weighted by Crippen LogP contribution is 2.38. The van der Waals surface area contributed by atoms with Crippen LogP contribution in [0.2, 0.25) is 5.02 Å². The molecule has 2 aromatic carbocycles. The number of allylic oxidation sites excluding steroid dienone is 1. The van der Waals surface area contributed by atoms with Crippen LogP contribution >= 0.6 is 38.9 Å². The van der Waals surface area contributed by atoms with Crippen molar-refractivity contribution in [3.63, 3.8) is 0 Å². The van der Waals surface area contributed by atoms with Crippen molar-refractivity contribution >= 4 is 50.9 Å². The van der Waals surface area contributed by atoms with Crippen molar-refractivity contribution in [3.8, 4) is 17.2 Å². The summed E-state index contributed by atoms with van der Waals surface area (Å²) in [7, 11) is 4.37. The van der Waals surface area contributed by atoms with E-state index in [4.69, 9.17) is 30.5 Å². The van der Waals surface area contributed by atoms with Gasteiger partial charge in [0, 0.05) is 10.6 Å². The van der Waals surface area contributed by atoms with E-state index in [1.54, 1.807) is 44.4 Å². The fourth-order valence-electron chi connectivity index (χ4n) is 4.19. The molecule has 0 amide bonds. The number of carbonyl (C=O) groups excluding carboxylic acids is 1. The Labute approximate surface area is 230 Å². The highest BCUT2D eigenvalue weighted by molar-refractivity contribution is 9.10. The Balaban J connectivity index is 1.99. The lowest BCUT2D eigenvalue weighted by Crippen LogP contribution is -2.40. The van der Waals surface area contributed by atoms with Crippen molar-refractivity contribution in [2.24, 2.45) is 4.99 Å². The number of halogens is 2. The standard InChI is InChI=1S/C26H24BrClN2O6S/c1-6-36-19-10-14(9-17(27)23(19)34-4)11-20-24(31)30-22(16-12-15(28)7-8-18(16)33-3)21(25(32)35-5)13(2)29-26(30)37-20/h7-12,22H,6H2,1-5H3/b20-11-/t22-/m1/s1. The molecule has 0 aliphatic carbocycles. The summed E-state index contributed by atoms with van der Waals surface area (Å²) in [4.78, 5) is 31.7. The second-order valence-electron chi connectivity index (χ2n) is 7.93. The number of aromatic nitrogens is 1. The lowest BCUT2D eigenvalue weighted by atomic mass is 9.95. The molecule has 0 fully saturated rings. The summed E-state index contributed by atoms with van der Waals surface area (Å²) in [5.74, 6) is 0.985. The number of nitrogens with zero attached hydrogens (tertiary/aromatic N) is 2. The molecular weight excluding hydrogens is 584 g/mol. The van der Waals surface area contributed by atoms with Crippen LogP contribution in [0.15, 0.2) is 55.9 Å². The number of methoxy groups -OCH3 is 3. The van der Waals surface area contributed by atoms with E-state index in [0.717, 1.165) is 5.56 Å². The van der Waals surface area contributed by atoms with E-state index >= 15 is 0 Å². The zero-order valence-corrected chi connectivity index (χ0v) is 23.9. The Morgan fingerprint density at radius 2 is 1.95 bits per heavy atom. The molecule has 0 saturated carbocycles. The van der Waals surface area contributed by atoms with Gasteiger partial charge in [-0.2, -0.15) is 0 Å². The summed E-state index contributed by atoms with van der Waals surface area (Å²) in [5, 5.41) is 0.434. The summed E-state index contributed by atoms with van der Waals surface area (Å²) < 4.78 is 24.4. The van der Waals surface area contributed by atoms with E-state index in [-0.39, 0.29) is 11.1 Å². The third-order valence-corrected chi connectivity index (χ3v) is 7.55. The number of fused-ring (bicyclic) bond motifs is 1. The van der Waals surface area contributed by atoms with Gasteiger partial charge in [-0.15, -0.1) is 0 Å². The van der Waals surface area contributed by atoms with Crippen molar-refractivity contribution in [2.45, 2.75) is 19.9 Å². The van der Waals surface area contributed by atoms with Gasteiger partial charge in [0.15, 0.2) is 16.3 Å². The Morgan fingerprint density at radius 1 is 1.19 bits per heavy atom. The summed E-state index contributed by atoms with van der Waals surface area (Å²) in [6, 6.07) is 7.84. The maximum absolute atomic E-state index is 13.8. The fourth-order valence-corrected chi connectivity index (χ4v) is 6.04. The van der Waals surface area contributed by atoms with Gasteiger partial charge >= 0.3 is 5.97 Å². The third kappa shape index (κ3) is 5.05. The van der Waals surface area contributed by atoms with E-state index in [9.17, 15) is 9.59 Å². The second kappa shape index (κ2) is 11.1. The minimum absolute atomic E-state index is 0.229. The Bertz CT molecular complexity index is 1590. The van der Waals surface area contributed by atoms with E-state index in [1.807, 2.05) is 13.0 Å². The van der Waals surface area contributed by atoms with Crippen molar-refractivity contribution in [2.75, 3.05) is 27.9 Å². The molecule has 11 heteroatoms. The molecule has 37 heavy (non-hydrogen) atoms. The molecule has 0 radical (unpaired) electrons. The monoisotopic (exact) mass is 606 g/mol. The van der Waals surface area contributed by atoms with E-state index in [1.165, 1.54) is 30.1 Å². The van der Waals surface area contributed by atoms with Crippen molar-refractivity contribution in [3.05, 3.63) is 81.9 Å². The minimum atomic E-state index is -0.846. The summed E-state index contributed by atoms with van der Waals surface area (Å²) >= 11 is 11.0. The van der Waals surface area contributed by atoms with Gasteiger partial charge in [0.1, 0.15) is 11.8 Å². The predicted molar refractivity (Wildman–Crippen MR) is 146 cm³/mol. The first-order chi connectivity index (χ1) is 17.7. The molecule has 0 N–H and O–H groups in total. The first-order valence-corrected chi connectivity index (χ1v) is 13.2. The van der Waals surface area contributed by atoms with Crippen LogP contribution < -0.4 is 29.1 Å². The molecule has 3 aromatic rings. The molecule has 0 unspecified atom stereocenters. The van der Waals surface area contributed by atoms with Crippen LogP contribution in [-0.4, -0.2) is 38.5 Å². The van der Waals surface area contributed by atoms with Crippen LogP contribution in [0, 0.1) is 0 Å². The Morgan fingerprint density at radius 3 is 2.59 bits per heavy atom. The van der Waals surface area contributed by atoms with Crippen LogP contribution in [0.4, 0.5) is 0 Å². The first-order valence-electron chi connectivity index (χ1n) is 11.2. The van der Waals surface area contributed by atoms with Crippen molar-refractivity contribution in [1.82, 2.24) is 4.57 Å². The normalized spacial score (nSPS) is 15.2. The van der Waals surface area contributed by atoms with Gasteiger partial charge in [-0.3, -0.25) is 9.36 Å². The Hall–Kier alpha value is -3.08. The third-order valence-electron chi connectivity index (χ3n) is 5.75. The molecule has 2 heterocycles. The molecule has 1 aliphatic heterocycles. The summed E-state index contributed by atoms with van der Waals surface area (Å²) in [6.07, 6.45) is 1.75. The van der Waals surface area contributed by atoms with Crippen LogP contribution in [0.25, 0.3) is 6.08 Å². The molecular formula is C26H24BrClN2O6S. The number of thiazole rings is 1. The number of benzene rings is 2. The van der Waals surface area contributed by atoms with Crippen LogP contribution in [0.3, 0.4) is 0 Å². The van der Waals surface area contributed by atoms with Gasteiger partial charge in [-0.1, -0.05) is 22.9 Å². The molecule has 0 spiro atoms.